The van der Waals surface area contributed by atoms with Gasteiger partial charge in [0.2, 0.25) is 0 Å². The Bertz CT molecular complexity index is 420. The highest BCUT2D eigenvalue weighted by Gasteiger charge is 2.22. The number of rotatable bonds is 6. The van der Waals surface area contributed by atoms with Gasteiger partial charge in [0.1, 0.15) is 12.7 Å². The van der Waals surface area contributed by atoms with E-state index in [0.29, 0.717) is 12.6 Å². The van der Waals surface area contributed by atoms with Crippen LogP contribution in [0.25, 0.3) is 0 Å². The molecule has 0 amide bonds. The normalized spacial score (nSPS) is 23.1. The minimum absolute atomic E-state index is 0.0956. The Kier molecular flexibility index (Phi) is 3.89. The predicted octanol–water partition coefficient (Wildman–Crippen LogP) is 1.56. The number of nitrogens with one attached hydrogen (secondary N) is 2. The fourth-order valence-electron chi connectivity index (χ4n) is 2.20. The lowest BCUT2D eigenvalue weighted by Gasteiger charge is -2.27. The maximum atomic E-state index is 5.91. The van der Waals surface area contributed by atoms with Crippen molar-refractivity contribution in [1.29, 1.82) is 0 Å². The zero-order valence-electron chi connectivity index (χ0n) is 11.4. The minimum atomic E-state index is 0.0956. The van der Waals surface area contributed by atoms with E-state index in [1.54, 1.807) is 0 Å². The Morgan fingerprint density at radius 3 is 2.84 bits per heavy atom. The molecule has 0 radical (unpaired) electrons. The summed E-state index contributed by atoms with van der Waals surface area (Å²) in [7, 11) is 0. The molecule has 19 heavy (non-hydrogen) atoms. The number of para-hydroxylation sites is 2. The van der Waals surface area contributed by atoms with Crippen molar-refractivity contribution >= 4 is 0 Å². The van der Waals surface area contributed by atoms with Crippen LogP contribution in [0.4, 0.5) is 0 Å². The van der Waals surface area contributed by atoms with Crippen LogP contribution >= 0.6 is 0 Å². The van der Waals surface area contributed by atoms with E-state index in [1.807, 2.05) is 24.3 Å². The van der Waals surface area contributed by atoms with Crippen molar-refractivity contribution in [2.75, 3.05) is 19.7 Å². The van der Waals surface area contributed by atoms with Crippen LogP contribution in [0.3, 0.4) is 0 Å². The maximum Gasteiger partial charge on any atom is 0.161 e. The lowest BCUT2D eigenvalue weighted by molar-refractivity contribution is 0.0885. The molecule has 0 saturated heterocycles. The van der Waals surface area contributed by atoms with E-state index in [4.69, 9.17) is 9.47 Å². The van der Waals surface area contributed by atoms with Gasteiger partial charge in [-0.25, -0.2) is 0 Å². The molecule has 4 nitrogen and oxygen atoms in total. The van der Waals surface area contributed by atoms with Crippen molar-refractivity contribution < 1.29 is 9.47 Å². The third-order valence-electron chi connectivity index (χ3n) is 3.55. The van der Waals surface area contributed by atoms with Gasteiger partial charge in [0.15, 0.2) is 11.5 Å². The molecule has 1 aliphatic heterocycles. The van der Waals surface area contributed by atoms with Crippen LogP contribution < -0.4 is 20.1 Å². The standard InChI is InChI=1S/C15H22N2O2/c1-11(8-17-12-6-7-12)16-9-13-10-18-14-4-2-3-5-15(14)19-13/h2-5,11-13,16-17H,6-10H2,1H3. The third-order valence-corrected chi connectivity index (χ3v) is 3.55. The fraction of sp³-hybridized carbons (Fsp3) is 0.600. The molecular weight excluding hydrogens is 240 g/mol. The third kappa shape index (κ3) is 3.61. The lowest BCUT2D eigenvalue weighted by Crippen LogP contribution is -2.45. The minimum Gasteiger partial charge on any atom is -0.486 e. The second kappa shape index (κ2) is 5.80. The summed E-state index contributed by atoms with van der Waals surface area (Å²) in [5.74, 6) is 1.70. The van der Waals surface area contributed by atoms with E-state index in [9.17, 15) is 0 Å². The summed E-state index contributed by atoms with van der Waals surface area (Å²) in [6.45, 7) is 4.66. The van der Waals surface area contributed by atoms with Gasteiger partial charge in [-0.1, -0.05) is 12.1 Å². The highest BCUT2D eigenvalue weighted by Crippen LogP contribution is 2.30. The summed E-state index contributed by atoms with van der Waals surface area (Å²) in [5, 5.41) is 7.02. The molecule has 2 aliphatic rings. The SMILES string of the molecule is CC(CNC1CC1)NCC1COc2ccccc2O1. The van der Waals surface area contributed by atoms with Crippen LogP contribution in [0.1, 0.15) is 19.8 Å². The number of hydrogen-bond donors (Lipinski definition) is 2. The molecule has 3 rings (SSSR count). The van der Waals surface area contributed by atoms with E-state index in [1.165, 1.54) is 12.8 Å². The Morgan fingerprint density at radius 2 is 2.05 bits per heavy atom. The molecule has 1 fully saturated rings. The molecule has 2 unspecified atom stereocenters. The zero-order valence-corrected chi connectivity index (χ0v) is 11.4. The number of benzene rings is 1. The van der Waals surface area contributed by atoms with Gasteiger partial charge in [-0.2, -0.15) is 0 Å². The van der Waals surface area contributed by atoms with Crippen LogP contribution in [0.5, 0.6) is 11.5 Å². The van der Waals surface area contributed by atoms with Gasteiger partial charge >= 0.3 is 0 Å². The molecular formula is C15H22N2O2. The van der Waals surface area contributed by atoms with Gasteiger partial charge in [-0.3, -0.25) is 0 Å². The first kappa shape index (κ1) is 12.8. The van der Waals surface area contributed by atoms with Crippen LogP contribution in [0.2, 0.25) is 0 Å². The highest BCUT2D eigenvalue weighted by molar-refractivity contribution is 5.40. The number of hydrogen-bond acceptors (Lipinski definition) is 4. The van der Waals surface area contributed by atoms with Crippen LogP contribution in [0, 0.1) is 0 Å². The van der Waals surface area contributed by atoms with Crippen molar-refractivity contribution in [3.63, 3.8) is 0 Å². The Morgan fingerprint density at radius 1 is 1.26 bits per heavy atom. The molecule has 0 aromatic heterocycles. The van der Waals surface area contributed by atoms with Crippen molar-refractivity contribution in [1.82, 2.24) is 10.6 Å². The first-order valence-electron chi connectivity index (χ1n) is 7.16. The molecule has 1 saturated carbocycles. The average molecular weight is 262 g/mol. The summed E-state index contributed by atoms with van der Waals surface area (Å²) in [4.78, 5) is 0. The Hall–Kier alpha value is -1.26. The lowest BCUT2D eigenvalue weighted by atomic mass is 10.2. The van der Waals surface area contributed by atoms with Crippen molar-refractivity contribution in [3.8, 4) is 11.5 Å². The van der Waals surface area contributed by atoms with E-state index >= 15 is 0 Å². The molecule has 2 atom stereocenters. The van der Waals surface area contributed by atoms with Gasteiger partial charge in [0.25, 0.3) is 0 Å². The van der Waals surface area contributed by atoms with E-state index in [0.717, 1.165) is 30.6 Å². The molecule has 4 heteroatoms. The molecule has 2 N–H and O–H groups in total. The highest BCUT2D eigenvalue weighted by atomic mass is 16.6. The Balaban J connectivity index is 1.41. The summed E-state index contributed by atoms with van der Waals surface area (Å²) >= 11 is 0. The second-order valence-electron chi connectivity index (χ2n) is 5.49. The summed E-state index contributed by atoms with van der Waals surface area (Å²) in [6, 6.07) is 9.07. The zero-order chi connectivity index (χ0) is 13.1. The first-order chi connectivity index (χ1) is 9.31. The molecule has 1 aromatic carbocycles. The monoisotopic (exact) mass is 262 g/mol. The predicted molar refractivity (Wildman–Crippen MR) is 74.8 cm³/mol. The molecule has 0 bridgehead atoms. The van der Waals surface area contributed by atoms with Gasteiger partial charge in [0.05, 0.1) is 0 Å². The molecule has 1 aliphatic carbocycles. The second-order valence-corrected chi connectivity index (χ2v) is 5.49. The quantitative estimate of drug-likeness (QED) is 0.816. The molecule has 104 valence electrons. The van der Waals surface area contributed by atoms with Crippen molar-refractivity contribution in [2.45, 2.75) is 38.0 Å². The largest absolute Gasteiger partial charge is 0.486 e. The smallest absolute Gasteiger partial charge is 0.161 e. The van der Waals surface area contributed by atoms with Crippen LogP contribution in [-0.2, 0) is 0 Å². The van der Waals surface area contributed by atoms with Gasteiger partial charge < -0.3 is 20.1 Å². The summed E-state index contributed by atoms with van der Waals surface area (Å²) in [5.41, 5.74) is 0. The molecule has 1 aromatic rings. The van der Waals surface area contributed by atoms with E-state index < -0.39 is 0 Å². The van der Waals surface area contributed by atoms with Gasteiger partial charge in [0, 0.05) is 25.2 Å². The number of ether oxygens (including phenoxy) is 2. The van der Waals surface area contributed by atoms with E-state index in [2.05, 4.69) is 17.6 Å². The van der Waals surface area contributed by atoms with Crippen molar-refractivity contribution in [3.05, 3.63) is 24.3 Å². The van der Waals surface area contributed by atoms with Gasteiger partial charge in [-0.15, -0.1) is 0 Å². The fourth-order valence-corrected chi connectivity index (χ4v) is 2.20. The summed E-state index contributed by atoms with van der Waals surface area (Å²) in [6.07, 6.45) is 2.77. The first-order valence-corrected chi connectivity index (χ1v) is 7.16. The average Bonchev–Trinajstić information content (AvgIpc) is 3.27. The van der Waals surface area contributed by atoms with E-state index in [-0.39, 0.29) is 6.10 Å². The topological polar surface area (TPSA) is 42.5 Å². The molecule has 0 spiro atoms. The molecule has 1 heterocycles. The number of fused-ring (bicyclic) bond motifs is 1. The Labute approximate surface area is 114 Å². The maximum absolute atomic E-state index is 5.91. The van der Waals surface area contributed by atoms with Crippen LogP contribution in [-0.4, -0.2) is 37.9 Å². The van der Waals surface area contributed by atoms with Crippen LogP contribution in [0.15, 0.2) is 24.3 Å². The summed E-state index contributed by atoms with van der Waals surface area (Å²) < 4.78 is 11.6. The van der Waals surface area contributed by atoms with Crippen molar-refractivity contribution in [2.24, 2.45) is 0 Å². The van der Waals surface area contributed by atoms with Gasteiger partial charge in [-0.05, 0) is 31.9 Å².